The maximum absolute atomic E-state index is 12.9. The van der Waals surface area contributed by atoms with Gasteiger partial charge in [-0.25, -0.2) is 0 Å². The molecule has 0 amide bonds. The van der Waals surface area contributed by atoms with Gasteiger partial charge in [0.15, 0.2) is 5.82 Å². The second-order valence-corrected chi connectivity index (χ2v) is 4.32. The lowest BCUT2D eigenvalue weighted by Crippen LogP contribution is -2.07. The molecule has 0 radical (unpaired) electrons. The SMILES string of the molecule is NCc1noc(-c2ccc(Br)cc2C(F)(F)F)n1. The first kappa shape index (κ1) is 13.0. The van der Waals surface area contributed by atoms with Crippen molar-refractivity contribution in [2.75, 3.05) is 0 Å². The van der Waals surface area contributed by atoms with Gasteiger partial charge in [-0.1, -0.05) is 21.1 Å². The Morgan fingerprint density at radius 2 is 2.06 bits per heavy atom. The van der Waals surface area contributed by atoms with Crippen LogP contribution in [0.25, 0.3) is 11.5 Å². The highest BCUT2D eigenvalue weighted by atomic mass is 79.9. The molecule has 0 bridgehead atoms. The van der Waals surface area contributed by atoms with Crippen molar-refractivity contribution in [1.29, 1.82) is 0 Å². The molecule has 4 nitrogen and oxygen atoms in total. The van der Waals surface area contributed by atoms with Crippen LogP contribution in [0.1, 0.15) is 11.4 Å². The van der Waals surface area contributed by atoms with E-state index in [1.807, 2.05) is 0 Å². The van der Waals surface area contributed by atoms with Crippen molar-refractivity contribution in [3.05, 3.63) is 34.1 Å². The van der Waals surface area contributed by atoms with Gasteiger partial charge in [-0.2, -0.15) is 18.2 Å². The Bertz CT molecular complexity index is 568. The van der Waals surface area contributed by atoms with Gasteiger partial charge in [0.05, 0.1) is 17.7 Å². The van der Waals surface area contributed by atoms with E-state index in [0.29, 0.717) is 4.47 Å². The Morgan fingerprint density at radius 3 is 2.61 bits per heavy atom. The quantitative estimate of drug-likeness (QED) is 0.923. The Kier molecular flexibility index (Phi) is 3.40. The molecule has 2 aromatic rings. The highest BCUT2D eigenvalue weighted by molar-refractivity contribution is 9.10. The van der Waals surface area contributed by atoms with Crippen molar-refractivity contribution < 1.29 is 17.7 Å². The van der Waals surface area contributed by atoms with Gasteiger partial charge in [-0.05, 0) is 18.2 Å². The first-order chi connectivity index (χ1) is 8.41. The lowest BCUT2D eigenvalue weighted by molar-refractivity contribution is -0.137. The van der Waals surface area contributed by atoms with Crippen LogP contribution in [0.4, 0.5) is 13.2 Å². The van der Waals surface area contributed by atoms with Crippen LogP contribution in [0.5, 0.6) is 0 Å². The minimum atomic E-state index is -4.50. The van der Waals surface area contributed by atoms with Gasteiger partial charge in [-0.15, -0.1) is 0 Å². The van der Waals surface area contributed by atoms with Crippen LogP contribution in [0.2, 0.25) is 0 Å². The molecule has 8 heteroatoms. The Morgan fingerprint density at radius 1 is 1.33 bits per heavy atom. The number of aromatic nitrogens is 2. The molecule has 1 heterocycles. The summed E-state index contributed by atoms with van der Waals surface area (Å²) in [5.74, 6) is -0.0451. The van der Waals surface area contributed by atoms with Gasteiger partial charge in [0.1, 0.15) is 0 Å². The summed E-state index contributed by atoms with van der Waals surface area (Å²) in [7, 11) is 0. The fourth-order valence-electron chi connectivity index (χ4n) is 1.38. The van der Waals surface area contributed by atoms with Crippen LogP contribution in [0.15, 0.2) is 27.2 Å². The number of benzene rings is 1. The molecule has 18 heavy (non-hydrogen) atoms. The number of nitrogens with zero attached hydrogens (tertiary/aromatic N) is 2. The number of halogens is 4. The molecule has 1 aromatic heterocycles. The molecule has 0 fully saturated rings. The summed E-state index contributed by atoms with van der Waals surface area (Å²) in [6.45, 7) is 0.00137. The molecule has 0 aliphatic carbocycles. The molecule has 2 rings (SSSR count). The maximum Gasteiger partial charge on any atom is 0.417 e. The van der Waals surface area contributed by atoms with E-state index in [0.717, 1.165) is 6.07 Å². The summed E-state index contributed by atoms with van der Waals surface area (Å²) < 4.78 is 43.7. The Hall–Kier alpha value is -1.41. The molecule has 2 N–H and O–H groups in total. The van der Waals surface area contributed by atoms with Crippen LogP contribution < -0.4 is 5.73 Å². The maximum atomic E-state index is 12.9. The molecule has 0 aliphatic rings. The zero-order valence-electron chi connectivity index (χ0n) is 8.83. The number of hydrogen-bond donors (Lipinski definition) is 1. The van der Waals surface area contributed by atoms with Gasteiger partial charge >= 0.3 is 6.18 Å². The molecule has 0 unspecified atom stereocenters. The van der Waals surface area contributed by atoms with Crippen molar-refractivity contribution in [2.24, 2.45) is 5.73 Å². The predicted molar refractivity (Wildman–Crippen MR) is 60.3 cm³/mol. The van der Waals surface area contributed by atoms with E-state index < -0.39 is 11.7 Å². The summed E-state index contributed by atoms with van der Waals surface area (Å²) in [5, 5.41) is 3.47. The van der Waals surface area contributed by atoms with E-state index >= 15 is 0 Å². The average Bonchev–Trinajstić information content (AvgIpc) is 2.76. The largest absolute Gasteiger partial charge is 0.417 e. The summed E-state index contributed by atoms with van der Waals surface area (Å²) in [6.07, 6.45) is -4.50. The molecule has 0 aliphatic heterocycles. The number of nitrogens with two attached hydrogens (primary N) is 1. The second-order valence-electron chi connectivity index (χ2n) is 3.41. The van der Waals surface area contributed by atoms with Crippen LogP contribution in [0, 0.1) is 0 Å². The normalized spacial score (nSPS) is 11.8. The third kappa shape index (κ3) is 2.54. The number of rotatable bonds is 2. The number of hydrogen-bond acceptors (Lipinski definition) is 4. The standard InChI is InChI=1S/C10H7BrF3N3O/c11-5-1-2-6(7(3-5)10(12,13)14)9-16-8(4-15)17-18-9/h1-3H,4,15H2. The topological polar surface area (TPSA) is 64.9 Å². The summed E-state index contributed by atoms with van der Waals surface area (Å²) in [6, 6.07) is 3.69. The molecule has 1 aromatic carbocycles. The minimum Gasteiger partial charge on any atom is -0.334 e. The summed E-state index contributed by atoms with van der Waals surface area (Å²) in [5.41, 5.74) is 4.26. The molecule has 0 spiro atoms. The van der Waals surface area contributed by atoms with E-state index in [1.54, 1.807) is 0 Å². The van der Waals surface area contributed by atoms with Crippen LogP contribution >= 0.6 is 15.9 Å². The monoisotopic (exact) mass is 321 g/mol. The van der Waals surface area contributed by atoms with Crippen LogP contribution in [-0.2, 0) is 12.7 Å². The van der Waals surface area contributed by atoms with E-state index in [1.165, 1.54) is 12.1 Å². The smallest absolute Gasteiger partial charge is 0.334 e. The van der Waals surface area contributed by atoms with Gasteiger partial charge in [-0.3, -0.25) is 0 Å². The lowest BCUT2D eigenvalue weighted by Gasteiger charge is -2.10. The van der Waals surface area contributed by atoms with Gasteiger partial charge in [0.2, 0.25) is 0 Å². The van der Waals surface area contributed by atoms with Crippen molar-refractivity contribution in [1.82, 2.24) is 10.1 Å². The highest BCUT2D eigenvalue weighted by Gasteiger charge is 2.35. The van der Waals surface area contributed by atoms with E-state index in [9.17, 15) is 13.2 Å². The van der Waals surface area contributed by atoms with E-state index in [2.05, 4.69) is 26.1 Å². The summed E-state index contributed by atoms with van der Waals surface area (Å²) in [4.78, 5) is 3.78. The third-order valence-corrected chi connectivity index (χ3v) is 2.66. The fourth-order valence-corrected chi connectivity index (χ4v) is 1.74. The first-order valence-electron chi connectivity index (χ1n) is 4.81. The number of alkyl halides is 3. The average molecular weight is 322 g/mol. The van der Waals surface area contributed by atoms with Crippen LogP contribution in [-0.4, -0.2) is 10.1 Å². The lowest BCUT2D eigenvalue weighted by atomic mass is 10.1. The molecule has 0 saturated carbocycles. The Balaban J connectivity index is 2.56. The van der Waals surface area contributed by atoms with Gasteiger partial charge in [0, 0.05) is 4.47 Å². The highest BCUT2D eigenvalue weighted by Crippen LogP contribution is 2.37. The molecular weight excluding hydrogens is 315 g/mol. The second kappa shape index (κ2) is 4.69. The minimum absolute atomic E-state index is 0.00137. The van der Waals surface area contributed by atoms with Crippen LogP contribution in [0.3, 0.4) is 0 Å². The van der Waals surface area contributed by atoms with E-state index in [-0.39, 0.29) is 23.8 Å². The van der Waals surface area contributed by atoms with Crippen molar-refractivity contribution >= 4 is 15.9 Å². The first-order valence-corrected chi connectivity index (χ1v) is 5.61. The fraction of sp³-hybridized carbons (Fsp3) is 0.200. The van der Waals surface area contributed by atoms with Crippen molar-refractivity contribution in [3.8, 4) is 11.5 Å². The zero-order chi connectivity index (χ0) is 13.3. The zero-order valence-corrected chi connectivity index (χ0v) is 10.4. The van der Waals surface area contributed by atoms with E-state index in [4.69, 9.17) is 10.3 Å². The van der Waals surface area contributed by atoms with Gasteiger partial charge in [0.25, 0.3) is 5.89 Å². The molecular formula is C10H7BrF3N3O. The molecule has 0 saturated heterocycles. The molecule has 0 atom stereocenters. The van der Waals surface area contributed by atoms with Gasteiger partial charge < -0.3 is 10.3 Å². The molecule has 96 valence electrons. The predicted octanol–water partition coefficient (Wildman–Crippen LogP) is 2.98. The van der Waals surface area contributed by atoms with Crippen molar-refractivity contribution in [2.45, 2.75) is 12.7 Å². The Labute approximate surface area is 108 Å². The van der Waals surface area contributed by atoms with Crippen molar-refractivity contribution in [3.63, 3.8) is 0 Å². The third-order valence-electron chi connectivity index (χ3n) is 2.17. The summed E-state index contributed by atoms with van der Waals surface area (Å²) >= 11 is 2.99.